The highest BCUT2D eigenvalue weighted by molar-refractivity contribution is 7.84. The summed E-state index contributed by atoms with van der Waals surface area (Å²) in [7, 11) is -3.50. The molecule has 0 saturated heterocycles. The van der Waals surface area contributed by atoms with Crippen molar-refractivity contribution in [3.05, 3.63) is 48.3 Å². The summed E-state index contributed by atoms with van der Waals surface area (Å²) in [6, 6.07) is 6.65. The Bertz CT molecular complexity index is 795. The van der Waals surface area contributed by atoms with Gasteiger partial charge >= 0.3 is 0 Å². The molecule has 2 nitrogen and oxygen atoms in total. The Morgan fingerprint density at radius 3 is 2.00 bits per heavy atom. The van der Waals surface area contributed by atoms with Crippen LogP contribution in [0.2, 0.25) is 16.6 Å². The highest BCUT2D eigenvalue weighted by Gasteiger charge is 2.43. The molecule has 0 saturated carbocycles. The lowest BCUT2D eigenvalue weighted by Crippen LogP contribution is -2.49. The summed E-state index contributed by atoms with van der Waals surface area (Å²) in [6.45, 7) is 23.1. The topological polar surface area (TPSA) is 29.1 Å². The molecule has 0 fully saturated rings. The van der Waals surface area contributed by atoms with Gasteiger partial charge in [0.15, 0.2) is 0 Å². The van der Waals surface area contributed by atoms with Crippen LogP contribution < -0.4 is 4.72 Å². The molecule has 0 unspecified atom stereocenters. The first kappa shape index (κ1) is 26.8. The van der Waals surface area contributed by atoms with Crippen molar-refractivity contribution in [2.24, 2.45) is 0 Å². The molecule has 168 valence electrons. The maximum Gasteiger partial charge on any atom is 0.146 e. The van der Waals surface area contributed by atoms with Gasteiger partial charge in [0.05, 0.1) is 15.7 Å². The Hall–Kier alpha value is -1.22. The number of rotatable bonds is 8. The van der Waals surface area contributed by atoms with Gasteiger partial charge in [-0.25, -0.2) is 13.3 Å². The first-order chi connectivity index (χ1) is 13.7. The summed E-state index contributed by atoms with van der Waals surface area (Å²) >= 11 is 0. The summed E-state index contributed by atoms with van der Waals surface area (Å²) in [6.07, 6.45) is 2.10. The molecule has 1 N–H and O–H groups in total. The van der Waals surface area contributed by atoms with Crippen LogP contribution in [-0.4, -0.2) is 17.0 Å². The van der Waals surface area contributed by atoms with Gasteiger partial charge in [0.1, 0.15) is 19.4 Å². The van der Waals surface area contributed by atoms with Crippen molar-refractivity contribution in [3.8, 4) is 11.5 Å². The fourth-order valence-electron chi connectivity index (χ4n) is 4.33. The van der Waals surface area contributed by atoms with Gasteiger partial charge in [-0.3, -0.25) is 0 Å². The second kappa shape index (κ2) is 10.4. The molecule has 0 aliphatic carbocycles. The second-order valence-electron chi connectivity index (χ2n) is 10.0. The highest BCUT2D eigenvalue weighted by Crippen LogP contribution is 2.41. The largest absolute Gasteiger partial charge is 0.242 e. The van der Waals surface area contributed by atoms with Gasteiger partial charge in [-0.15, -0.1) is 12.1 Å². The van der Waals surface area contributed by atoms with Crippen LogP contribution in [0.3, 0.4) is 0 Å². The Kier molecular flexibility index (Phi) is 9.29. The van der Waals surface area contributed by atoms with Crippen LogP contribution in [-0.2, 0) is 16.5 Å². The van der Waals surface area contributed by atoms with E-state index in [1.807, 2.05) is 20.8 Å². The maximum absolute atomic E-state index is 15.0. The highest BCUT2D eigenvalue weighted by atomic mass is 32.2. The van der Waals surface area contributed by atoms with Crippen molar-refractivity contribution in [1.82, 2.24) is 4.72 Å². The van der Waals surface area contributed by atoms with Crippen molar-refractivity contribution in [1.29, 1.82) is 0 Å². The maximum atomic E-state index is 15.0. The van der Waals surface area contributed by atoms with Gasteiger partial charge in [-0.1, -0.05) is 71.7 Å². The lowest BCUT2D eigenvalue weighted by atomic mass is 9.88. The molecule has 0 aromatic heterocycles. The zero-order chi connectivity index (χ0) is 23.3. The van der Waals surface area contributed by atoms with Gasteiger partial charge in [-0.2, -0.15) is 0 Å². The fraction of sp³-hybridized carbons (Fsp3) is 0.600. The van der Waals surface area contributed by atoms with Crippen molar-refractivity contribution in [2.45, 2.75) is 95.6 Å². The molecule has 0 radical (unpaired) electrons. The van der Waals surface area contributed by atoms with E-state index in [-0.39, 0.29) is 5.82 Å². The average Bonchev–Trinajstić information content (AvgIpc) is 2.60. The van der Waals surface area contributed by atoms with Crippen LogP contribution in [0, 0.1) is 17.3 Å². The first-order valence-corrected chi connectivity index (χ1v) is 14.2. The lowest BCUT2D eigenvalue weighted by Gasteiger charge is -2.39. The SMILES string of the molecule is C=CC[C@](C#C[Si](C(C)C)(C(C)C)C(C)C)(N[S@](=O)C(C)(C)C)c1ccccc1F. The zero-order valence-electron chi connectivity index (χ0n) is 20.2. The Labute approximate surface area is 187 Å². The van der Waals surface area contributed by atoms with Gasteiger partial charge in [0.2, 0.25) is 0 Å². The molecule has 0 bridgehead atoms. The fourth-order valence-corrected chi connectivity index (χ4v) is 10.5. The van der Waals surface area contributed by atoms with E-state index in [0.717, 1.165) is 0 Å². The third-order valence-corrected chi connectivity index (χ3v) is 13.9. The predicted molar refractivity (Wildman–Crippen MR) is 133 cm³/mol. The van der Waals surface area contributed by atoms with Crippen LogP contribution in [0.1, 0.15) is 74.3 Å². The van der Waals surface area contributed by atoms with E-state index in [0.29, 0.717) is 28.6 Å². The number of nitrogens with one attached hydrogen (secondary N) is 1. The monoisotopic (exact) mass is 449 g/mol. The van der Waals surface area contributed by atoms with Crippen LogP contribution in [0.4, 0.5) is 4.39 Å². The van der Waals surface area contributed by atoms with Gasteiger partial charge in [0, 0.05) is 5.56 Å². The van der Waals surface area contributed by atoms with E-state index < -0.39 is 29.3 Å². The second-order valence-corrected chi connectivity index (χ2v) is 17.6. The number of benzene rings is 1. The summed E-state index contributed by atoms with van der Waals surface area (Å²) in [5.74, 6) is 3.13. The molecule has 0 aliphatic rings. The molecule has 1 aromatic rings. The van der Waals surface area contributed by atoms with Crippen molar-refractivity contribution in [3.63, 3.8) is 0 Å². The summed E-state index contributed by atoms with van der Waals surface area (Å²) in [5, 5.41) is 0. The molecule has 1 rings (SSSR count). The third kappa shape index (κ3) is 5.72. The normalized spacial score (nSPS) is 15.6. The van der Waals surface area contributed by atoms with Crippen LogP contribution in [0.25, 0.3) is 0 Å². The van der Waals surface area contributed by atoms with Crippen LogP contribution >= 0.6 is 0 Å². The summed E-state index contributed by atoms with van der Waals surface area (Å²) in [5.41, 5.74) is 4.38. The summed E-state index contributed by atoms with van der Waals surface area (Å²) < 4.78 is 30.9. The molecule has 0 heterocycles. The molecule has 5 heteroatoms. The summed E-state index contributed by atoms with van der Waals surface area (Å²) in [4.78, 5) is 0. The minimum absolute atomic E-state index is 0.349. The van der Waals surface area contributed by atoms with Crippen molar-refractivity contribution in [2.75, 3.05) is 0 Å². The predicted octanol–water partition coefficient (Wildman–Crippen LogP) is 6.87. The Balaban J connectivity index is 3.86. The first-order valence-electron chi connectivity index (χ1n) is 10.8. The Morgan fingerprint density at radius 1 is 1.10 bits per heavy atom. The van der Waals surface area contributed by atoms with E-state index in [1.54, 1.807) is 24.3 Å². The van der Waals surface area contributed by atoms with Crippen LogP contribution in [0.5, 0.6) is 0 Å². The lowest BCUT2D eigenvalue weighted by molar-refractivity contribution is 0.485. The molecule has 2 atom stereocenters. The molecular formula is C25H40FNOSSi. The van der Waals surface area contributed by atoms with E-state index >= 15 is 4.39 Å². The molecule has 0 amide bonds. The van der Waals surface area contributed by atoms with Gasteiger partial charge in [0.25, 0.3) is 0 Å². The van der Waals surface area contributed by atoms with Crippen molar-refractivity contribution < 1.29 is 8.60 Å². The molecule has 30 heavy (non-hydrogen) atoms. The molecule has 1 aromatic carbocycles. The molecule has 0 spiro atoms. The third-order valence-electron chi connectivity index (χ3n) is 5.97. The zero-order valence-corrected chi connectivity index (χ0v) is 22.0. The molecular weight excluding hydrogens is 409 g/mol. The molecule has 0 aliphatic heterocycles. The minimum Gasteiger partial charge on any atom is -0.242 e. The van der Waals surface area contributed by atoms with Gasteiger partial charge < -0.3 is 0 Å². The van der Waals surface area contributed by atoms with E-state index in [1.165, 1.54) is 6.07 Å². The minimum atomic E-state index is -2.07. The standard InChI is InChI=1S/C25H40FNOSSi/c1-11-16-25(27-29(28)24(8,9)10,22-14-12-13-15-23(22)26)17-18-30(19(2)3,20(4)5)21(6)7/h11-15,19-21,27H,1,16H2,2-10H3/t25-,29-/m1/s1. The number of hydrogen-bond donors (Lipinski definition) is 1. The van der Waals surface area contributed by atoms with E-state index in [4.69, 9.17) is 0 Å². The van der Waals surface area contributed by atoms with Crippen molar-refractivity contribution >= 4 is 19.1 Å². The van der Waals surface area contributed by atoms with E-state index in [2.05, 4.69) is 64.3 Å². The van der Waals surface area contributed by atoms with Crippen LogP contribution in [0.15, 0.2) is 36.9 Å². The van der Waals surface area contributed by atoms with Gasteiger partial charge in [-0.05, 0) is 49.9 Å². The number of hydrogen-bond acceptors (Lipinski definition) is 1. The number of halogens is 1. The average molecular weight is 450 g/mol. The smallest absolute Gasteiger partial charge is 0.146 e. The Morgan fingerprint density at radius 2 is 1.60 bits per heavy atom. The van der Waals surface area contributed by atoms with E-state index in [9.17, 15) is 4.21 Å². The quantitative estimate of drug-likeness (QED) is 0.262.